The van der Waals surface area contributed by atoms with Crippen LogP contribution in [0.25, 0.3) is 10.9 Å². The zero-order valence-electron chi connectivity index (χ0n) is 13.7. The van der Waals surface area contributed by atoms with E-state index in [9.17, 15) is 4.79 Å². The number of aliphatic carboxylic acids is 1. The van der Waals surface area contributed by atoms with Gasteiger partial charge in [0.05, 0.1) is 29.4 Å². The van der Waals surface area contributed by atoms with Gasteiger partial charge in [0.1, 0.15) is 5.04 Å². The van der Waals surface area contributed by atoms with Crippen LogP contribution in [0.15, 0.2) is 27.7 Å². The summed E-state index contributed by atoms with van der Waals surface area (Å²) < 4.78 is 1.05. The van der Waals surface area contributed by atoms with Crippen molar-refractivity contribution in [1.29, 1.82) is 0 Å². The fourth-order valence-electron chi connectivity index (χ4n) is 3.60. The van der Waals surface area contributed by atoms with Crippen molar-refractivity contribution in [3.63, 3.8) is 0 Å². The van der Waals surface area contributed by atoms with Gasteiger partial charge in [-0.05, 0) is 31.0 Å². The number of carboxylic acids is 1. The summed E-state index contributed by atoms with van der Waals surface area (Å²) in [6.07, 6.45) is 5.13. The maximum Gasteiger partial charge on any atom is 0.305 e. The van der Waals surface area contributed by atoms with Crippen LogP contribution in [0, 0.1) is 0 Å². The van der Waals surface area contributed by atoms with Crippen LogP contribution in [0.4, 0.5) is 5.69 Å². The molecule has 7 heteroatoms. The topological polar surface area (TPSA) is 77.5 Å². The van der Waals surface area contributed by atoms with E-state index in [1.165, 1.54) is 25.7 Å². The Hall–Kier alpha value is -1.47. The summed E-state index contributed by atoms with van der Waals surface area (Å²) in [6.45, 7) is 0. The number of nitrogens with zero attached hydrogens (tertiary/aromatic N) is 1. The fourth-order valence-corrected chi connectivity index (χ4v) is 5.10. The maximum atomic E-state index is 10.9. The molecule has 2 aliphatic rings. The molecule has 25 heavy (non-hydrogen) atoms. The van der Waals surface area contributed by atoms with Crippen LogP contribution < -0.4 is 5.32 Å². The van der Waals surface area contributed by atoms with E-state index in [4.69, 9.17) is 5.11 Å². The number of nitrogens with one attached hydrogen (secondary N) is 2. The molecule has 0 amide bonds. The number of aliphatic imine (C=N–C) groups is 1. The minimum absolute atomic E-state index is 0.0940. The van der Waals surface area contributed by atoms with E-state index < -0.39 is 5.97 Å². The average Bonchev–Trinajstić information content (AvgIpc) is 3.26. The van der Waals surface area contributed by atoms with Gasteiger partial charge in [0.2, 0.25) is 0 Å². The largest absolute Gasteiger partial charge is 0.481 e. The highest BCUT2D eigenvalue weighted by Gasteiger charge is 2.23. The van der Waals surface area contributed by atoms with E-state index in [2.05, 4.69) is 49.4 Å². The molecule has 1 atom stereocenters. The molecule has 5 nitrogen and oxygen atoms in total. The molecule has 0 bridgehead atoms. The Balaban J connectivity index is 1.64. The Labute approximate surface area is 158 Å². The van der Waals surface area contributed by atoms with Crippen molar-refractivity contribution in [1.82, 2.24) is 4.98 Å². The molecule has 1 saturated carbocycles. The molecule has 4 rings (SSSR count). The van der Waals surface area contributed by atoms with Gasteiger partial charge >= 0.3 is 5.97 Å². The van der Waals surface area contributed by atoms with Crippen LogP contribution in [0.5, 0.6) is 0 Å². The monoisotopic (exact) mass is 421 g/mol. The van der Waals surface area contributed by atoms with Crippen molar-refractivity contribution >= 4 is 55.3 Å². The third-order valence-electron chi connectivity index (χ3n) is 4.76. The van der Waals surface area contributed by atoms with Crippen molar-refractivity contribution < 1.29 is 9.90 Å². The number of aromatic nitrogens is 1. The number of carbonyl (C=O) groups is 1. The molecule has 2 aromatic rings. The summed E-state index contributed by atoms with van der Waals surface area (Å²) in [7, 11) is 0. The Morgan fingerprint density at radius 1 is 1.36 bits per heavy atom. The number of anilines is 1. The van der Waals surface area contributed by atoms with E-state index in [1.54, 1.807) is 11.8 Å². The van der Waals surface area contributed by atoms with Crippen molar-refractivity contribution in [3.8, 4) is 0 Å². The van der Waals surface area contributed by atoms with Gasteiger partial charge in [0.25, 0.3) is 0 Å². The van der Waals surface area contributed by atoms with Gasteiger partial charge in [-0.25, -0.2) is 0 Å². The first-order chi connectivity index (χ1) is 12.1. The molecule has 132 valence electrons. The summed E-state index contributed by atoms with van der Waals surface area (Å²) >= 11 is 5.23. The molecule has 3 N–H and O–H groups in total. The van der Waals surface area contributed by atoms with E-state index in [0.29, 0.717) is 6.04 Å². The molecule has 2 heterocycles. The molecular weight excluding hydrogens is 402 g/mol. The molecule has 0 radical (unpaired) electrons. The van der Waals surface area contributed by atoms with Gasteiger partial charge in [-0.1, -0.05) is 28.8 Å². The fraction of sp³-hybridized carbons (Fsp3) is 0.444. The Bertz CT molecular complexity index is 842. The zero-order valence-corrected chi connectivity index (χ0v) is 16.1. The Kier molecular flexibility index (Phi) is 4.78. The predicted molar refractivity (Wildman–Crippen MR) is 107 cm³/mol. The van der Waals surface area contributed by atoms with Crippen molar-refractivity contribution in [2.24, 2.45) is 4.99 Å². The van der Waals surface area contributed by atoms with Crippen LogP contribution in [-0.4, -0.2) is 38.9 Å². The van der Waals surface area contributed by atoms with Crippen molar-refractivity contribution in [3.05, 3.63) is 28.4 Å². The molecule has 1 aliphatic heterocycles. The van der Waals surface area contributed by atoms with Gasteiger partial charge in [0.15, 0.2) is 0 Å². The molecule has 0 saturated heterocycles. The SMILES string of the molecule is O=C(O)CC1CSC(c2cc3cc(Br)cc(NC4CCCC4)c3[nH]2)=N1. The summed E-state index contributed by atoms with van der Waals surface area (Å²) in [4.78, 5) is 19.0. The quantitative estimate of drug-likeness (QED) is 0.657. The molecular formula is C18H20BrN3O2S. The molecule has 1 aromatic carbocycles. The van der Waals surface area contributed by atoms with E-state index in [1.807, 2.05) is 0 Å². The lowest BCUT2D eigenvalue weighted by Crippen LogP contribution is -2.14. The van der Waals surface area contributed by atoms with E-state index >= 15 is 0 Å². The molecule has 1 fully saturated rings. The van der Waals surface area contributed by atoms with Crippen molar-refractivity contribution in [2.75, 3.05) is 11.1 Å². The number of hydrogen-bond acceptors (Lipinski definition) is 4. The lowest BCUT2D eigenvalue weighted by molar-refractivity contribution is -0.137. The minimum Gasteiger partial charge on any atom is -0.481 e. The number of halogens is 1. The standard InChI is InChI=1S/C18H20BrN3O2S/c19-11-5-10-6-15(18-21-13(9-25-18)8-16(23)24)22-17(10)14(7-11)20-12-3-1-2-4-12/h5-7,12-13,20,22H,1-4,8-9H2,(H,23,24). The second-order valence-electron chi connectivity index (χ2n) is 6.72. The molecule has 1 aliphatic carbocycles. The predicted octanol–water partition coefficient (Wildman–Crippen LogP) is 4.62. The number of carboxylic acid groups (broad SMARTS) is 1. The number of fused-ring (bicyclic) bond motifs is 1. The second kappa shape index (κ2) is 7.03. The highest BCUT2D eigenvalue weighted by molar-refractivity contribution is 9.10. The zero-order chi connectivity index (χ0) is 17.4. The smallest absolute Gasteiger partial charge is 0.305 e. The third kappa shape index (κ3) is 3.72. The number of hydrogen-bond donors (Lipinski definition) is 3. The number of thioether (sulfide) groups is 1. The third-order valence-corrected chi connectivity index (χ3v) is 6.37. The van der Waals surface area contributed by atoms with Gasteiger partial charge in [-0.2, -0.15) is 0 Å². The normalized spacial score (nSPS) is 21.0. The first-order valence-electron chi connectivity index (χ1n) is 8.60. The summed E-state index contributed by atoms with van der Waals surface area (Å²) in [5.41, 5.74) is 3.18. The molecule has 0 spiro atoms. The van der Waals surface area contributed by atoms with E-state index in [0.717, 1.165) is 37.6 Å². The van der Waals surface area contributed by atoms with Crippen LogP contribution in [0.1, 0.15) is 37.8 Å². The lowest BCUT2D eigenvalue weighted by atomic mass is 10.2. The number of aromatic amines is 1. The van der Waals surface area contributed by atoms with Gasteiger partial charge in [-0.15, -0.1) is 11.8 Å². The minimum atomic E-state index is -0.792. The number of benzene rings is 1. The average molecular weight is 422 g/mol. The Morgan fingerprint density at radius 2 is 2.16 bits per heavy atom. The summed E-state index contributed by atoms with van der Waals surface area (Å²) in [6, 6.07) is 6.74. The highest BCUT2D eigenvalue weighted by atomic mass is 79.9. The van der Waals surface area contributed by atoms with Gasteiger partial charge in [-0.3, -0.25) is 9.79 Å². The van der Waals surface area contributed by atoms with Gasteiger partial charge < -0.3 is 15.4 Å². The van der Waals surface area contributed by atoms with Crippen molar-refractivity contribution in [2.45, 2.75) is 44.2 Å². The summed E-state index contributed by atoms with van der Waals surface area (Å²) in [5, 5.41) is 14.7. The van der Waals surface area contributed by atoms with Gasteiger partial charge in [0, 0.05) is 21.7 Å². The lowest BCUT2D eigenvalue weighted by Gasteiger charge is -2.14. The van der Waals surface area contributed by atoms with Crippen LogP contribution in [0.2, 0.25) is 0 Å². The first kappa shape index (κ1) is 17.0. The van der Waals surface area contributed by atoms with Crippen LogP contribution in [-0.2, 0) is 4.79 Å². The van der Waals surface area contributed by atoms with Crippen LogP contribution >= 0.6 is 27.7 Å². The number of rotatable bonds is 5. The molecule has 1 aromatic heterocycles. The molecule has 1 unspecified atom stereocenters. The Morgan fingerprint density at radius 3 is 2.92 bits per heavy atom. The first-order valence-corrected chi connectivity index (χ1v) is 10.4. The maximum absolute atomic E-state index is 10.9. The number of H-pyrrole nitrogens is 1. The highest BCUT2D eigenvalue weighted by Crippen LogP contribution is 2.33. The summed E-state index contributed by atoms with van der Waals surface area (Å²) in [5.74, 6) is -0.0623. The van der Waals surface area contributed by atoms with Crippen LogP contribution in [0.3, 0.4) is 0 Å². The second-order valence-corrected chi connectivity index (χ2v) is 8.65. The van der Waals surface area contributed by atoms with E-state index in [-0.39, 0.29) is 12.5 Å².